The van der Waals surface area contributed by atoms with Crippen molar-refractivity contribution in [2.75, 3.05) is 25.1 Å². The van der Waals surface area contributed by atoms with Crippen molar-refractivity contribution in [3.05, 3.63) is 29.8 Å². The summed E-state index contributed by atoms with van der Waals surface area (Å²) in [5, 5.41) is 6.18. The van der Waals surface area contributed by atoms with Crippen molar-refractivity contribution in [3.63, 3.8) is 0 Å². The van der Waals surface area contributed by atoms with Crippen LogP contribution in [0, 0.1) is 0 Å². The number of nitrogens with one attached hydrogen (secondary N) is 2. The molecule has 1 aliphatic heterocycles. The minimum Gasteiger partial charge on any atom is -0.346 e. The Morgan fingerprint density at radius 3 is 2.38 bits per heavy atom. The van der Waals surface area contributed by atoms with Crippen molar-refractivity contribution in [2.45, 2.75) is 39.0 Å². The Bertz CT molecular complexity index is 459. The molecule has 0 aliphatic carbocycles. The van der Waals surface area contributed by atoms with E-state index in [2.05, 4.69) is 31.4 Å². The summed E-state index contributed by atoms with van der Waals surface area (Å²) in [6, 6.07) is 7.57. The van der Waals surface area contributed by atoms with Gasteiger partial charge in [-0.3, -0.25) is 4.79 Å². The van der Waals surface area contributed by atoms with E-state index in [0.29, 0.717) is 26.2 Å². The van der Waals surface area contributed by atoms with Crippen LogP contribution in [-0.2, 0) is 14.3 Å². The minimum atomic E-state index is -0.272. The molecule has 2 N–H and O–H groups in total. The van der Waals surface area contributed by atoms with E-state index in [-0.39, 0.29) is 17.7 Å². The molecular weight excluding hydrogens is 268 g/mol. The molecule has 0 spiro atoms. The van der Waals surface area contributed by atoms with Crippen molar-refractivity contribution in [2.24, 2.45) is 0 Å². The third-order valence-corrected chi connectivity index (χ3v) is 3.10. The van der Waals surface area contributed by atoms with E-state index in [1.807, 2.05) is 24.3 Å². The second-order valence-electron chi connectivity index (χ2n) is 6.17. The van der Waals surface area contributed by atoms with E-state index in [9.17, 15) is 4.79 Å². The van der Waals surface area contributed by atoms with Crippen molar-refractivity contribution in [1.29, 1.82) is 0 Å². The third-order valence-electron chi connectivity index (χ3n) is 3.10. The van der Waals surface area contributed by atoms with Gasteiger partial charge in [-0.25, -0.2) is 0 Å². The molecule has 1 aromatic rings. The highest BCUT2D eigenvalue weighted by atomic mass is 16.7. The number of benzene rings is 1. The molecule has 1 amide bonds. The molecular formula is C16H24N2O3. The molecule has 1 saturated heterocycles. The highest BCUT2D eigenvalue weighted by Crippen LogP contribution is 2.24. The lowest BCUT2D eigenvalue weighted by Crippen LogP contribution is -2.37. The quantitative estimate of drug-likeness (QED) is 0.875. The van der Waals surface area contributed by atoms with Gasteiger partial charge in [0, 0.05) is 29.8 Å². The summed E-state index contributed by atoms with van der Waals surface area (Å²) < 4.78 is 10.9. The van der Waals surface area contributed by atoms with Crippen molar-refractivity contribution in [3.8, 4) is 0 Å². The summed E-state index contributed by atoms with van der Waals surface area (Å²) in [5.41, 5.74) is 1.79. The minimum absolute atomic E-state index is 0.00728. The summed E-state index contributed by atoms with van der Waals surface area (Å²) >= 11 is 0. The summed E-state index contributed by atoms with van der Waals surface area (Å²) in [4.78, 5) is 11.8. The van der Waals surface area contributed by atoms with Crippen LogP contribution in [0.25, 0.3) is 0 Å². The molecule has 0 unspecified atom stereocenters. The average molecular weight is 292 g/mol. The first-order valence-corrected chi connectivity index (χ1v) is 7.32. The van der Waals surface area contributed by atoms with Gasteiger partial charge in [-0.05, 0) is 32.9 Å². The number of rotatable bonds is 5. The molecule has 0 bridgehead atoms. The first-order valence-electron chi connectivity index (χ1n) is 7.32. The number of hydrogen-bond acceptors (Lipinski definition) is 4. The summed E-state index contributed by atoms with van der Waals surface area (Å²) in [6.45, 7) is 8.16. The van der Waals surface area contributed by atoms with Crippen molar-refractivity contribution >= 4 is 11.6 Å². The molecule has 5 heteroatoms. The van der Waals surface area contributed by atoms with Gasteiger partial charge in [0.05, 0.1) is 13.2 Å². The Morgan fingerprint density at radius 2 is 1.81 bits per heavy atom. The number of ether oxygens (including phenoxy) is 2. The molecule has 0 atom stereocenters. The molecule has 1 heterocycles. The maximum absolute atomic E-state index is 11.8. The summed E-state index contributed by atoms with van der Waals surface area (Å²) in [6.07, 6.45) is 0.180. The van der Waals surface area contributed by atoms with Crippen LogP contribution in [0.2, 0.25) is 0 Å². The van der Waals surface area contributed by atoms with Gasteiger partial charge in [0.1, 0.15) is 0 Å². The smallest absolute Gasteiger partial charge is 0.225 e. The fraction of sp³-hybridized carbons (Fsp3) is 0.562. The van der Waals surface area contributed by atoms with Crippen LogP contribution in [0.15, 0.2) is 24.3 Å². The largest absolute Gasteiger partial charge is 0.346 e. The molecule has 0 aromatic heterocycles. The lowest BCUT2D eigenvalue weighted by atomic mass is 10.1. The van der Waals surface area contributed by atoms with E-state index < -0.39 is 0 Å². The second-order valence-corrected chi connectivity index (χ2v) is 6.17. The number of carbonyl (C=O) groups excluding carboxylic acids is 1. The van der Waals surface area contributed by atoms with E-state index in [4.69, 9.17) is 9.47 Å². The number of anilines is 1. The van der Waals surface area contributed by atoms with Gasteiger partial charge in [-0.1, -0.05) is 12.1 Å². The van der Waals surface area contributed by atoms with Crippen molar-refractivity contribution in [1.82, 2.24) is 5.32 Å². The zero-order valence-corrected chi connectivity index (χ0v) is 12.9. The monoisotopic (exact) mass is 292 g/mol. The number of amides is 1. The Morgan fingerprint density at radius 1 is 1.19 bits per heavy atom. The SMILES string of the molecule is CC(C)(C)NCCC(=O)Nc1ccc(C2OCCO2)cc1. The lowest BCUT2D eigenvalue weighted by Gasteiger charge is -2.20. The van der Waals surface area contributed by atoms with Gasteiger partial charge in [0.25, 0.3) is 0 Å². The number of carbonyl (C=O) groups is 1. The van der Waals surface area contributed by atoms with Crippen LogP contribution >= 0.6 is 0 Å². The third kappa shape index (κ3) is 5.46. The highest BCUT2D eigenvalue weighted by molar-refractivity contribution is 5.90. The van der Waals surface area contributed by atoms with Crippen LogP contribution in [0.4, 0.5) is 5.69 Å². The van der Waals surface area contributed by atoms with Crippen molar-refractivity contribution < 1.29 is 14.3 Å². The first kappa shape index (κ1) is 15.9. The van der Waals surface area contributed by atoms with E-state index in [1.165, 1.54) is 0 Å². The normalized spacial score (nSPS) is 16.1. The zero-order valence-electron chi connectivity index (χ0n) is 12.9. The molecule has 21 heavy (non-hydrogen) atoms. The van der Waals surface area contributed by atoms with Crippen LogP contribution in [0.3, 0.4) is 0 Å². The van der Waals surface area contributed by atoms with Gasteiger partial charge in [0.15, 0.2) is 6.29 Å². The van der Waals surface area contributed by atoms with Crippen LogP contribution in [0.5, 0.6) is 0 Å². The van der Waals surface area contributed by atoms with Crippen LogP contribution in [-0.4, -0.2) is 31.2 Å². The standard InChI is InChI=1S/C16H24N2O3/c1-16(2,3)17-9-8-14(19)18-13-6-4-12(5-7-13)15-20-10-11-21-15/h4-7,15,17H,8-11H2,1-3H3,(H,18,19). The average Bonchev–Trinajstić information content (AvgIpc) is 2.92. The second kappa shape index (κ2) is 7.02. The summed E-state index contributed by atoms with van der Waals surface area (Å²) in [7, 11) is 0. The maximum Gasteiger partial charge on any atom is 0.225 e. The fourth-order valence-corrected chi connectivity index (χ4v) is 2.05. The Kier molecular flexibility index (Phi) is 5.33. The zero-order chi connectivity index (χ0) is 15.3. The molecule has 0 radical (unpaired) electrons. The Hall–Kier alpha value is -1.43. The molecule has 1 aromatic carbocycles. The molecule has 2 rings (SSSR count). The molecule has 116 valence electrons. The van der Waals surface area contributed by atoms with E-state index in [1.54, 1.807) is 0 Å². The van der Waals surface area contributed by atoms with Gasteiger partial charge in [-0.2, -0.15) is 0 Å². The Balaban J connectivity index is 1.78. The highest BCUT2D eigenvalue weighted by Gasteiger charge is 2.17. The Labute approximate surface area is 126 Å². The molecule has 1 aliphatic rings. The maximum atomic E-state index is 11.8. The topological polar surface area (TPSA) is 59.6 Å². The molecule has 1 fully saturated rings. The van der Waals surface area contributed by atoms with Crippen LogP contribution < -0.4 is 10.6 Å². The molecule has 5 nitrogen and oxygen atoms in total. The van der Waals surface area contributed by atoms with Crippen LogP contribution in [0.1, 0.15) is 39.0 Å². The lowest BCUT2D eigenvalue weighted by molar-refractivity contribution is -0.116. The van der Waals surface area contributed by atoms with Gasteiger partial charge >= 0.3 is 0 Å². The predicted molar refractivity (Wildman–Crippen MR) is 82.1 cm³/mol. The fourth-order valence-electron chi connectivity index (χ4n) is 2.05. The van der Waals surface area contributed by atoms with E-state index >= 15 is 0 Å². The predicted octanol–water partition coefficient (Wildman–Crippen LogP) is 2.45. The first-order chi connectivity index (χ1) is 9.94. The summed E-state index contributed by atoms with van der Waals surface area (Å²) in [5.74, 6) is 0.00728. The van der Waals surface area contributed by atoms with Gasteiger partial charge < -0.3 is 20.1 Å². The van der Waals surface area contributed by atoms with Gasteiger partial charge in [0.2, 0.25) is 5.91 Å². The van der Waals surface area contributed by atoms with Gasteiger partial charge in [-0.15, -0.1) is 0 Å². The van der Waals surface area contributed by atoms with E-state index in [0.717, 1.165) is 11.3 Å². The molecule has 0 saturated carbocycles. The number of hydrogen-bond donors (Lipinski definition) is 2.